The Bertz CT molecular complexity index is 545. The summed E-state index contributed by atoms with van der Waals surface area (Å²) in [5, 5.41) is 0. The van der Waals surface area contributed by atoms with Gasteiger partial charge in [-0.15, -0.1) is 0 Å². The molecule has 0 fully saturated rings. The lowest BCUT2D eigenvalue weighted by molar-refractivity contribution is 0.191. The molecule has 2 aromatic rings. The van der Waals surface area contributed by atoms with Crippen LogP contribution in [0.4, 0.5) is 4.79 Å². The quantitative estimate of drug-likeness (QED) is 0.736. The zero-order chi connectivity index (χ0) is 15.3. The van der Waals surface area contributed by atoms with Gasteiger partial charge in [0.25, 0.3) is 0 Å². The largest absolute Gasteiger partial charge is 0.331 e. The Labute approximate surface area is 119 Å². The Morgan fingerprint density at radius 3 is 2.05 bits per heavy atom. The predicted octanol–water partition coefficient (Wildman–Crippen LogP) is 1.87. The van der Waals surface area contributed by atoms with Crippen molar-refractivity contribution in [2.24, 2.45) is 0 Å². The number of pyridine rings is 1. The molecule has 0 N–H and O–H groups in total. The molecule has 108 valence electrons. The van der Waals surface area contributed by atoms with Crippen molar-refractivity contribution in [1.29, 1.82) is 0 Å². The van der Waals surface area contributed by atoms with Crippen molar-refractivity contribution in [3.63, 3.8) is 0 Å². The van der Waals surface area contributed by atoms with Crippen LogP contribution < -0.4 is 0 Å². The number of carbonyl (C=O) groups excluding carboxylic acids is 1. The molecule has 6 nitrogen and oxygen atoms in total. The maximum atomic E-state index is 10.7. The van der Waals surface area contributed by atoms with Gasteiger partial charge in [0.1, 0.15) is 5.52 Å². The molecule has 0 bridgehead atoms. The fourth-order valence-electron chi connectivity index (χ4n) is 1.46. The number of hydrogen-bond donors (Lipinski definition) is 0. The van der Waals surface area contributed by atoms with E-state index < -0.39 is 0 Å². The molecule has 0 saturated heterocycles. The van der Waals surface area contributed by atoms with Gasteiger partial charge in [-0.25, -0.2) is 19.7 Å². The Morgan fingerprint density at radius 2 is 1.55 bits per heavy atom. The van der Waals surface area contributed by atoms with Crippen molar-refractivity contribution < 1.29 is 4.79 Å². The van der Waals surface area contributed by atoms with Gasteiger partial charge in [-0.2, -0.15) is 0 Å². The summed E-state index contributed by atoms with van der Waals surface area (Å²) in [6.45, 7) is 3.89. The fourth-order valence-corrected chi connectivity index (χ4v) is 1.46. The molecule has 0 saturated carbocycles. The van der Waals surface area contributed by atoms with Crippen LogP contribution in [0.1, 0.15) is 11.4 Å². The molecule has 2 aromatic heterocycles. The van der Waals surface area contributed by atoms with Crippen LogP contribution in [0.5, 0.6) is 0 Å². The average Bonchev–Trinajstić information content (AvgIpc) is 2.39. The highest BCUT2D eigenvalue weighted by Gasteiger charge is 2.02. The van der Waals surface area contributed by atoms with Gasteiger partial charge in [0.05, 0.1) is 11.4 Å². The first-order valence-corrected chi connectivity index (χ1v) is 6.27. The SMILES string of the molecule is CN(C)C(=O)N(C)C.Cc1nc2cccnc2nc1C. The Kier molecular flexibility index (Phi) is 5.37. The van der Waals surface area contributed by atoms with Gasteiger partial charge in [-0.3, -0.25) is 0 Å². The number of rotatable bonds is 0. The van der Waals surface area contributed by atoms with Crippen LogP contribution in [-0.2, 0) is 0 Å². The minimum atomic E-state index is 0.0185. The van der Waals surface area contributed by atoms with E-state index in [1.807, 2.05) is 26.0 Å². The summed E-state index contributed by atoms with van der Waals surface area (Å²) in [5.74, 6) is 0. The highest BCUT2D eigenvalue weighted by atomic mass is 16.2. The van der Waals surface area contributed by atoms with Gasteiger partial charge in [-0.05, 0) is 26.0 Å². The van der Waals surface area contributed by atoms with E-state index in [-0.39, 0.29) is 6.03 Å². The molecule has 0 radical (unpaired) electrons. The van der Waals surface area contributed by atoms with Gasteiger partial charge in [-0.1, -0.05) is 0 Å². The molecule has 2 heterocycles. The second-order valence-corrected chi connectivity index (χ2v) is 4.81. The van der Waals surface area contributed by atoms with Crippen LogP contribution in [0.25, 0.3) is 11.2 Å². The van der Waals surface area contributed by atoms with E-state index in [1.165, 1.54) is 9.80 Å². The first-order chi connectivity index (χ1) is 9.32. The minimum absolute atomic E-state index is 0.0185. The molecule has 2 rings (SSSR count). The van der Waals surface area contributed by atoms with E-state index in [0.29, 0.717) is 0 Å². The number of urea groups is 1. The van der Waals surface area contributed by atoms with E-state index in [0.717, 1.165) is 22.6 Å². The summed E-state index contributed by atoms with van der Waals surface area (Å²) in [7, 11) is 6.90. The molecule has 2 amide bonds. The Hall–Kier alpha value is -2.24. The highest BCUT2D eigenvalue weighted by Crippen LogP contribution is 2.08. The first kappa shape index (κ1) is 15.8. The number of hydrogen-bond acceptors (Lipinski definition) is 4. The summed E-state index contributed by atoms with van der Waals surface area (Å²) < 4.78 is 0. The number of carbonyl (C=O) groups is 1. The third-order valence-corrected chi connectivity index (χ3v) is 2.62. The Morgan fingerprint density at radius 1 is 1.00 bits per heavy atom. The molecule has 0 atom stereocenters. The van der Waals surface area contributed by atoms with E-state index in [2.05, 4.69) is 15.0 Å². The van der Waals surface area contributed by atoms with Crippen molar-refractivity contribution in [2.75, 3.05) is 28.2 Å². The van der Waals surface area contributed by atoms with Gasteiger partial charge < -0.3 is 9.80 Å². The van der Waals surface area contributed by atoms with Crippen LogP contribution in [0.3, 0.4) is 0 Å². The third kappa shape index (κ3) is 4.15. The summed E-state index contributed by atoms with van der Waals surface area (Å²) in [6.07, 6.45) is 1.73. The number of nitrogens with zero attached hydrogens (tertiary/aromatic N) is 5. The second kappa shape index (κ2) is 6.79. The van der Waals surface area contributed by atoms with E-state index in [1.54, 1.807) is 34.4 Å². The highest BCUT2D eigenvalue weighted by molar-refractivity contribution is 5.73. The van der Waals surface area contributed by atoms with Crippen LogP contribution in [-0.4, -0.2) is 59.0 Å². The lowest BCUT2D eigenvalue weighted by Crippen LogP contribution is -2.33. The van der Waals surface area contributed by atoms with E-state index in [4.69, 9.17) is 0 Å². The molecule has 0 unspecified atom stereocenters. The second-order valence-electron chi connectivity index (χ2n) is 4.81. The number of amides is 2. The lowest BCUT2D eigenvalue weighted by atomic mass is 10.3. The van der Waals surface area contributed by atoms with Gasteiger partial charge >= 0.3 is 6.03 Å². The minimum Gasteiger partial charge on any atom is -0.331 e. The zero-order valence-corrected chi connectivity index (χ0v) is 12.9. The van der Waals surface area contributed by atoms with Crippen LogP contribution in [0.15, 0.2) is 18.3 Å². The fraction of sp³-hybridized carbons (Fsp3) is 0.429. The van der Waals surface area contributed by atoms with Crippen molar-refractivity contribution in [3.8, 4) is 0 Å². The van der Waals surface area contributed by atoms with Crippen LogP contribution in [0, 0.1) is 13.8 Å². The van der Waals surface area contributed by atoms with Crippen LogP contribution >= 0.6 is 0 Å². The summed E-state index contributed by atoms with van der Waals surface area (Å²) >= 11 is 0. The standard InChI is InChI=1S/C9H9N3.C5H12N2O/c1-6-7(2)12-9-8(11-6)4-3-5-10-9;1-6(2)5(8)7(3)4/h3-5H,1-2H3;1-4H3. The van der Waals surface area contributed by atoms with Gasteiger partial charge in [0, 0.05) is 34.4 Å². The number of fused-ring (bicyclic) bond motifs is 1. The summed E-state index contributed by atoms with van der Waals surface area (Å²) in [6, 6.07) is 3.80. The first-order valence-electron chi connectivity index (χ1n) is 6.27. The normalized spacial score (nSPS) is 9.70. The smallest absolute Gasteiger partial charge is 0.318 e. The molecule has 0 aliphatic heterocycles. The average molecular weight is 275 g/mol. The predicted molar refractivity (Wildman–Crippen MR) is 79.6 cm³/mol. The van der Waals surface area contributed by atoms with Crippen molar-refractivity contribution in [3.05, 3.63) is 29.7 Å². The Balaban J connectivity index is 0.000000221. The zero-order valence-electron chi connectivity index (χ0n) is 12.9. The van der Waals surface area contributed by atoms with E-state index >= 15 is 0 Å². The number of aryl methyl sites for hydroxylation is 2. The maximum Gasteiger partial charge on any atom is 0.318 e. The molecule has 6 heteroatoms. The van der Waals surface area contributed by atoms with Crippen LogP contribution in [0.2, 0.25) is 0 Å². The third-order valence-electron chi connectivity index (χ3n) is 2.62. The van der Waals surface area contributed by atoms with Crippen molar-refractivity contribution in [2.45, 2.75) is 13.8 Å². The molecule has 0 spiro atoms. The topological polar surface area (TPSA) is 62.2 Å². The molecule has 20 heavy (non-hydrogen) atoms. The maximum absolute atomic E-state index is 10.7. The van der Waals surface area contributed by atoms with Crippen molar-refractivity contribution >= 4 is 17.2 Å². The summed E-state index contributed by atoms with van der Waals surface area (Å²) in [4.78, 5) is 26.5. The van der Waals surface area contributed by atoms with Crippen molar-refractivity contribution in [1.82, 2.24) is 24.8 Å². The summed E-state index contributed by atoms with van der Waals surface area (Å²) in [5.41, 5.74) is 3.50. The molecule has 0 aliphatic rings. The van der Waals surface area contributed by atoms with Gasteiger partial charge in [0.15, 0.2) is 5.65 Å². The molecule has 0 aliphatic carbocycles. The monoisotopic (exact) mass is 275 g/mol. The number of aromatic nitrogens is 3. The molecule has 0 aromatic carbocycles. The van der Waals surface area contributed by atoms with Gasteiger partial charge in [0.2, 0.25) is 0 Å². The molecular formula is C14H21N5O. The lowest BCUT2D eigenvalue weighted by Gasteiger charge is -2.16. The molecular weight excluding hydrogens is 254 g/mol. The van der Waals surface area contributed by atoms with E-state index in [9.17, 15) is 4.79 Å².